The molecule has 1 aliphatic carbocycles. The van der Waals surface area contributed by atoms with Gasteiger partial charge in [0.25, 0.3) is 0 Å². The van der Waals surface area contributed by atoms with Crippen LogP contribution in [0.15, 0.2) is 174 Å². The largest absolute Gasteiger partial charge is 0.456 e. The molecule has 54 heavy (non-hydrogen) atoms. The van der Waals surface area contributed by atoms with Crippen LogP contribution in [0, 0.1) is 0 Å². The van der Waals surface area contributed by atoms with Gasteiger partial charge >= 0.3 is 0 Å². The van der Waals surface area contributed by atoms with Gasteiger partial charge in [0.1, 0.15) is 11.2 Å². The van der Waals surface area contributed by atoms with E-state index in [1.807, 2.05) is 11.3 Å². The lowest BCUT2D eigenvalue weighted by molar-refractivity contribution is 0.669. The molecule has 0 radical (unpaired) electrons. The quantitative estimate of drug-likeness (QED) is 0.164. The van der Waals surface area contributed by atoms with Crippen LogP contribution in [0.5, 0.6) is 0 Å². The molecule has 0 unspecified atom stereocenters. The van der Waals surface area contributed by atoms with E-state index < -0.39 is 0 Å². The maximum Gasteiger partial charge on any atom is 0.135 e. The average molecular weight is 701 g/mol. The monoisotopic (exact) mass is 700 g/mol. The Bertz CT molecular complexity index is 3610. The lowest BCUT2D eigenvalue weighted by Crippen LogP contribution is -1.85. The van der Waals surface area contributed by atoms with Gasteiger partial charge in [0.05, 0.1) is 0 Å². The number of fused-ring (bicyclic) bond motifs is 15. The number of hydrogen-bond donors (Lipinski definition) is 0. The first kappa shape index (κ1) is 28.8. The summed E-state index contributed by atoms with van der Waals surface area (Å²) in [5, 5.41) is 15.4. The van der Waals surface area contributed by atoms with Crippen molar-refractivity contribution in [2.75, 3.05) is 0 Å². The minimum absolute atomic E-state index is 0.909. The first-order chi connectivity index (χ1) is 26.7. The molecule has 0 atom stereocenters. The summed E-state index contributed by atoms with van der Waals surface area (Å²) >= 11 is 1.89. The van der Waals surface area contributed by atoms with E-state index in [-0.39, 0.29) is 0 Å². The van der Waals surface area contributed by atoms with Crippen molar-refractivity contribution < 1.29 is 4.42 Å². The van der Waals surface area contributed by atoms with Crippen molar-refractivity contribution in [3.05, 3.63) is 170 Å². The van der Waals surface area contributed by atoms with Crippen molar-refractivity contribution >= 4 is 96.5 Å². The summed E-state index contributed by atoms with van der Waals surface area (Å²) in [6, 6.07) is 63.1. The van der Waals surface area contributed by atoms with Crippen molar-refractivity contribution in [2.45, 2.75) is 0 Å². The predicted molar refractivity (Wildman–Crippen MR) is 232 cm³/mol. The molecule has 0 amide bonds. The van der Waals surface area contributed by atoms with Crippen molar-refractivity contribution in [3.8, 4) is 44.5 Å². The van der Waals surface area contributed by atoms with Crippen LogP contribution in [0.1, 0.15) is 0 Å². The second-order valence-electron chi connectivity index (χ2n) is 14.8. The zero-order valence-corrected chi connectivity index (χ0v) is 29.8. The molecule has 13 rings (SSSR count). The highest BCUT2D eigenvalue weighted by atomic mass is 32.1. The van der Waals surface area contributed by atoms with Crippen LogP contribution in [-0.4, -0.2) is 0 Å². The van der Waals surface area contributed by atoms with E-state index in [2.05, 4.69) is 170 Å². The fourth-order valence-electron chi connectivity index (χ4n) is 9.46. The Hall–Kier alpha value is -6.74. The highest BCUT2D eigenvalue weighted by Gasteiger charge is 2.22. The molecule has 0 fully saturated rings. The van der Waals surface area contributed by atoms with Crippen molar-refractivity contribution in [3.63, 3.8) is 0 Å². The third-order valence-corrected chi connectivity index (χ3v) is 13.1. The Morgan fingerprint density at radius 3 is 1.59 bits per heavy atom. The van der Waals surface area contributed by atoms with Gasteiger partial charge in [-0.1, -0.05) is 115 Å². The van der Waals surface area contributed by atoms with Gasteiger partial charge in [-0.2, -0.15) is 0 Å². The third-order valence-electron chi connectivity index (χ3n) is 12.0. The fourth-order valence-corrected chi connectivity index (χ4v) is 10.6. The second kappa shape index (κ2) is 10.4. The van der Waals surface area contributed by atoms with Crippen LogP contribution in [0.2, 0.25) is 0 Å². The van der Waals surface area contributed by atoms with Gasteiger partial charge < -0.3 is 4.42 Å². The Labute approximate surface area is 313 Å². The minimum Gasteiger partial charge on any atom is -0.456 e. The normalized spacial score (nSPS) is 12.4. The lowest BCUT2D eigenvalue weighted by Gasteiger charge is -2.13. The molecule has 1 aliphatic rings. The molecule has 0 saturated carbocycles. The van der Waals surface area contributed by atoms with E-state index in [9.17, 15) is 0 Å². The minimum atomic E-state index is 0.909. The average Bonchev–Trinajstić information content (AvgIpc) is 3.89. The number of rotatable bonds is 2. The Morgan fingerprint density at radius 1 is 0.296 bits per heavy atom. The number of benzene rings is 10. The van der Waals surface area contributed by atoms with Crippen molar-refractivity contribution in [1.29, 1.82) is 0 Å². The molecule has 0 saturated heterocycles. The highest BCUT2D eigenvalue weighted by molar-refractivity contribution is 7.25. The molecule has 0 bridgehead atoms. The van der Waals surface area contributed by atoms with E-state index in [1.54, 1.807) is 0 Å². The Balaban J connectivity index is 0.966. The van der Waals surface area contributed by atoms with Crippen LogP contribution >= 0.6 is 11.3 Å². The summed E-state index contributed by atoms with van der Waals surface area (Å²) in [4.78, 5) is 0. The summed E-state index contributed by atoms with van der Waals surface area (Å²) in [6.07, 6.45) is 0. The molecule has 0 aliphatic heterocycles. The lowest BCUT2D eigenvalue weighted by atomic mass is 9.91. The zero-order valence-electron chi connectivity index (χ0n) is 29.0. The van der Waals surface area contributed by atoms with Crippen LogP contribution in [-0.2, 0) is 0 Å². The molecule has 0 spiro atoms. The second-order valence-corrected chi connectivity index (χ2v) is 15.9. The topological polar surface area (TPSA) is 13.1 Å². The number of furan rings is 1. The van der Waals surface area contributed by atoms with E-state index in [4.69, 9.17) is 4.42 Å². The maximum absolute atomic E-state index is 6.42. The van der Waals surface area contributed by atoms with Crippen LogP contribution in [0.4, 0.5) is 0 Å². The highest BCUT2D eigenvalue weighted by Crippen LogP contribution is 2.49. The summed E-state index contributed by atoms with van der Waals surface area (Å²) in [7, 11) is 0. The Morgan fingerprint density at radius 2 is 0.852 bits per heavy atom. The molecule has 2 heteroatoms. The molecular weight excluding hydrogens is 673 g/mol. The molecule has 2 aromatic heterocycles. The molecule has 2 heterocycles. The van der Waals surface area contributed by atoms with Crippen LogP contribution in [0.3, 0.4) is 0 Å². The summed E-state index contributed by atoms with van der Waals surface area (Å²) in [5.74, 6) is 0. The molecule has 248 valence electrons. The summed E-state index contributed by atoms with van der Waals surface area (Å²) in [5.41, 5.74) is 11.9. The zero-order chi connectivity index (χ0) is 35.1. The van der Waals surface area contributed by atoms with Crippen molar-refractivity contribution in [1.82, 2.24) is 0 Å². The first-order valence-electron chi connectivity index (χ1n) is 18.6. The van der Waals surface area contributed by atoms with Gasteiger partial charge in [-0.15, -0.1) is 11.3 Å². The van der Waals surface area contributed by atoms with Gasteiger partial charge in [-0.25, -0.2) is 0 Å². The molecule has 0 N–H and O–H groups in total. The van der Waals surface area contributed by atoms with Crippen LogP contribution in [0.25, 0.3) is 130 Å². The van der Waals surface area contributed by atoms with Gasteiger partial charge in [0, 0.05) is 30.9 Å². The van der Waals surface area contributed by atoms with Gasteiger partial charge in [-0.05, 0) is 142 Å². The van der Waals surface area contributed by atoms with Gasteiger partial charge in [0.2, 0.25) is 0 Å². The van der Waals surface area contributed by atoms with Crippen LogP contribution < -0.4 is 0 Å². The predicted octanol–water partition coefficient (Wildman–Crippen LogP) is 15.5. The number of hydrogen-bond acceptors (Lipinski definition) is 2. The molecule has 12 aromatic rings. The molecular formula is C52H28OS. The standard InChI is InChI=1S/C52H28OS/c1-2-10-35-34(9-1)41-23-30(16-20-37(41)43-27-47-38-11-3-4-14-50(38)54-51(47)28-44(35)43)32-17-21-48-45(25-32)46-26-33(18-22-49(46)53-48)31-15-19-36-39-12-5-7-29-8-6-13-40(52(29)39)42(36)24-31/h1-28H. The summed E-state index contributed by atoms with van der Waals surface area (Å²) < 4.78 is 9.10. The van der Waals surface area contributed by atoms with Gasteiger partial charge in [-0.3, -0.25) is 0 Å². The van der Waals surface area contributed by atoms with E-state index in [0.29, 0.717) is 0 Å². The van der Waals surface area contributed by atoms with Gasteiger partial charge in [0.15, 0.2) is 0 Å². The Kier molecular flexibility index (Phi) is 5.57. The molecule has 1 nitrogen and oxygen atoms in total. The molecule has 10 aromatic carbocycles. The maximum atomic E-state index is 6.42. The van der Waals surface area contributed by atoms with E-state index >= 15 is 0 Å². The summed E-state index contributed by atoms with van der Waals surface area (Å²) in [6.45, 7) is 0. The third kappa shape index (κ3) is 3.88. The van der Waals surface area contributed by atoms with Crippen molar-refractivity contribution in [2.24, 2.45) is 0 Å². The van der Waals surface area contributed by atoms with E-state index in [0.717, 1.165) is 21.9 Å². The SMILES string of the molecule is c1cc2c3c(cccc3c1)-c1cc(-c3ccc4oc5ccc(-c6ccc7c(c6)c6ccccc6c6cc8sc9ccccc9c8cc76)cc5c4c3)ccc1-2. The smallest absolute Gasteiger partial charge is 0.135 e. The van der Waals surface area contributed by atoms with E-state index in [1.165, 1.54) is 108 Å². The first-order valence-corrected chi connectivity index (χ1v) is 19.4. The fraction of sp³-hybridized carbons (Fsp3) is 0. The number of thiophene rings is 1.